The molecule has 82 valence electrons. The molecule has 0 atom stereocenters. The number of aromatic nitrogens is 1. The lowest BCUT2D eigenvalue weighted by Crippen LogP contribution is -2.30. The molecule has 2 rings (SSSR count). The summed E-state index contributed by atoms with van der Waals surface area (Å²) in [6.07, 6.45) is 5.53. The molecule has 1 aromatic rings. The van der Waals surface area contributed by atoms with Gasteiger partial charge < -0.3 is 4.90 Å². The molecule has 0 radical (unpaired) electrons. The maximum Gasteiger partial charge on any atom is 0.0911 e. The van der Waals surface area contributed by atoms with Gasteiger partial charge in [0, 0.05) is 36.7 Å². The Kier molecular flexibility index (Phi) is 3.21. The van der Waals surface area contributed by atoms with Gasteiger partial charge in [-0.1, -0.05) is 5.57 Å². The lowest BCUT2D eigenvalue weighted by molar-refractivity contribution is 0.684. The molecule has 16 heavy (non-hydrogen) atoms. The average Bonchev–Trinajstić information content (AvgIpc) is 2.30. The first-order valence-corrected chi connectivity index (χ1v) is 5.55. The van der Waals surface area contributed by atoms with E-state index < -0.39 is 0 Å². The third-order valence-electron chi connectivity index (χ3n) is 2.92. The molecule has 0 aliphatic carbocycles. The Bertz CT molecular complexity index is 433. The summed E-state index contributed by atoms with van der Waals surface area (Å²) in [7, 11) is 0. The molecular formula is C13H15N3. The number of aryl methyl sites for hydroxylation is 1. The fraction of sp³-hybridized carbons (Fsp3) is 0.385. The van der Waals surface area contributed by atoms with Crippen molar-refractivity contribution in [3.8, 4) is 6.07 Å². The third kappa shape index (κ3) is 2.40. The van der Waals surface area contributed by atoms with Gasteiger partial charge in [0.2, 0.25) is 0 Å². The Morgan fingerprint density at radius 3 is 2.81 bits per heavy atom. The zero-order valence-corrected chi connectivity index (χ0v) is 9.48. The number of rotatable bonds is 1. The van der Waals surface area contributed by atoms with Crippen LogP contribution in [0.3, 0.4) is 0 Å². The Morgan fingerprint density at radius 1 is 1.44 bits per heavy atom. The molecule has 1 saturated heterocycles. The standard InChI is InChI=1S/C13H15N3/c1-11-10-13(3-7-15-11)16-8-4-12(2-6-14)5-9-16/h2-3,7,10H,4-5,8-9H2,1H3. The third-order valence-corrected chi connectivity index (χ3v) is 2.92. The van der Waals surface area contributed by atoms with E-state index in [4.69, 9.17) is 5.26 Å². The lowest BCUT2D eigenvalue weighted by Gasteiger charge is -2.30. The van der Waals surface area contributed by atoms with Crippen molar-refractivity contribution < 1.29 is 0 Å². The van der Waals surface area contributed by atoms with Gasteiger partial charge in [0.25, 0.3) is 0 Å². The van der Waals surface area contributed by atoms with Crippen molar-refractivity contribution in [1.29, 1.82) is 5.26 Å². The number of nitrogens with zero attached hydrogens (tertiary/aromatic N) is 3. The van der Waals surface area contributed by atoms with Gasteiger partial charge in [-0.05, 0) is 31.9 Å². The molecule has 1 aliphatic heterocycles. The highest BCUT2D eigenvalue weighted by molar-refractivity contribution is 5.47. The first-order chi connectivity index (χ1) is 7.79. The predicted molar refractivity (Wildman–Crippen MR) is 64.1 cm³/mol. The van der Waals surface area contributed by atoms with Crippen molar-refractivity contribution in [2.75, 3.05) is 18.0 Å². The Morgan fingerprint density at radius 2 is 2.19 bits per heavy atom. The number of nitriles is 1. The summed E-state index contributed by atoms with van der Waals surface area (Å²) in [4.78, 5) is 6.55. The van der Waals surface area contributed by atoms with Crippen LogP contribution in [-0.4, -0.2) is 18.1 Å². The van der Waals surface area contributed by atoms with Gasteiger partial charge in [0.15, 0.2) is 0 Å². The van der Waals surface area contributed by atoms with Crippen LogP contribution < -0.4 is 4.90 Å². The van der Waals surface area contributed by atoms with E-state index in [1.165, 1.54) is 11.3 Å². The molecule has 1 aliphatic rings. The first-order valence-electron chi connectivity index (χ1n) is 5.55. The van der Waals surface area contributed by atoms with Crippen LogP contribution in [0.15, 0.2) is 30.0 Å². The number of allylic oxidation sites excluding steroid dienone is 1. The first kappa shape index (κ1) is 10.7. The van der Waals surface area contributed by atoms with Gasteiger partial charge in [-0.25, -0.2) is 0 Å². The maximum atomic E-state index is 8.59. The summed E-state index contributed by atoms with van der Waals surface area (Å²) in [5.74, 6) is 0. The number of hydrogen-bond acceptors (Lipinski definition) is 3. The van der Waals surface area contributed by atoms with Crippen LogP contribution in [-0.2, 0) is 0 Å². The monoisotopic (exact) mass is 213 g/mol. The number of pyridine rings is 1. The summed E-state index contributed by atoms with van der Waals surface area (Å²) < 4.78 is 0. The van der Waals surface area contributed by atoms with Gasteiger partial charge in [0.05, 0.1) is 6.07 Å². The van der Waals surface area contributed by atoms with Gasteiger partial charge in [-0.2, -0.15) is 5.26 Å². The van der Waals surface area contributed by atoms with Crippen molar-refractivity contribution in [2.45, 2.75) is 19.8 Å². The van der Waals surface area contributed by atoms with Crippen molar-refractivity contribution in [1.82, 2.24) is 4.98 Å². The molecule has 0 spiro atoms. The van der Waals surface area contributed by atoms with Crippen LogP contribution in [0.1, 0.15) is 18.5 Å². The molecule has 1 aromatic heterocycles. The molecule has 0 aromatic carbocycles. The molecular weight excluding hydrogens is 198 g/mol. The second kappa shape index (κ2) is 4.80. The molecule has 0 bridgehead atoms. The zero-order valence-electron chi connectivity index (χ0n) is 9.48. The fourth-order valence-electron chi connectivity index (χ4n) is 2.02. The van der Waals surface area contributed by atoms with Crippen LogP contribution in [0.5, 0.6) is 0 Å². The van der Waals surface area contributed by atoms with Gasteiger partial charge in [-0.3, -0.25) is 4.98 Å². The highest BCUT2D eigenvalue weighted by Gasteiger charge is 2.14. The molecule has 2 heterocycles. The molecule has 0 N–H and O–H groups in total. The van der Waals surface area contributed by atoms with Crippen LogP contribution >= 0.6 is 0 Å². The summed E-state index contributed by atoms with van der Waals surface area (Å²) in [6.45, 7) is 4.00. The predicted octanol–water partition coefficient (Wildman–Crippen LogP) is 2.44. The molecule has 0 unspecified atom stereocenters. The highest BCUT2D eigenvalue weighted by Crippen LogP contribution is 2.22. The second-order valence-corrected chi connectivity index (χ2v) is 4.07. The number of piperidine rings is 1. The van der Waals surface area contributed by atoms with Crippen LogP contribution in [0.2, 0.25) is 0 Å². The molecule has 0 saturated carbocycles. The van der Waals surface area contributed by atoms with Gasteiger partial charge in [0.1, 0.15) is 0 Å². The van der Waals surface area contributed by atoms with Crippen LogP contribution in [0.4, 0.5) is 5.69 Å². The minimum atomic E-state index is 0.995. The smallest absolute Gasteiger partial charge is 0.0911 e. The average molecular weight is 213 g/mol. The largest absolute Gasteiger partial charge is 0.371 e. The van der Waals surface area contributed by atoms with Crippen molar-refractivity contribution in [3.63, 3.8) is 0 Å². The van der Waals surface area contributed by atoms with Crippen molar-refractivity contribution in [2.24, 2.45) is 0 Å². The molecule has 0 amide bonds. The van der Waals surface area contributed by atoms with Gasteiger partial charge >= 0.3 is 0 Å². The van der Waals surface area contributed by atoms with Gasteiger partial charge in [-0.15, -0.1) is 0 Å². The molecule has 3 nitrogen and oxygen atoms in total. The van der Waals surface area contributed by atoms with E-state index in [0.717, 1.165) is 31.6 Å². The quantitative estimate of drug-likeness (QED) is 0.673. The van der Waals surface area contributed by atoms with E-state index in [1.807, 2.05) is 19.2 Å². The summed E-state index contributed by atoms with van der Waals surface area (Å²) in [5.41, 5.74) is 3.56. The number of anilines is 1. The van der Waals surface area contributed by atoms with E-state index >= 15 is 0 Å². The highest BCUT2D eigenvalue weighted by atomic mass is 15.1. The molecule has 3 heteroatoms. The Labute approximate surface area is 96.0 Å². The van der Waals surface area contributed by atoms with E-state index in [0.29, 0.717) is 0 Å². The van der Waals surface area contributed by atoms with E-state index in [2.05, 4.69) is 22.0 Å². The Hall–Kier alpha value is -1.82. The van der Waals surface area contributed by atoms with E-state index in [1.54, 1.807) is 6.08 Å². The summed E-state index contributed by atoms with van der Waals surface area (Å²) in [6, 6.07) is 6.27. The normalized spacial score (nSPS) is 15.8. The summed E-state index contributed by atoms with van der Waals surface area (Å²) in [5, 5.41) is 8.59. The maximum absolute atomic E-state index is 8.59. The van der Waals surface area contributed by atoms with Crippen LogP contribution in [0, 0.1) is 18.3 Å². The SMILES string of the molecule is Cc1cc(N2CCC(=CC#N)CC2)ccn1. The van der Waals surface area contributed by atoms with E-state index in [9.17, 15) is 0 Å². The Balaban J connectivity index is 2.05. The van der Waals surface area contributed by atoms with Crippen molar-refractivity contribution in [3.05, 3.63) is 35.7 Å². The minimum absolute atomic E-state index is 0.995. The summed E-state index contributed by atoms with van der Waals surface area (Å²) >= 11 is 0. The second-order valence-electron chi connectivity index (χ2n) is 4.07. The fourth-order valence-corrected chi connectivity index (χ4v) is 2.02. The van der Waals surface area contributed by atoms with Crippen LogP contribution in [0.25, 0.3) is 0 Å². The van der Waals surface area contributed by atoms with E-state index in [-0.39, 0.29) is 0 Å². The van der Waals surface area contributed by atoms with Crippen molar-refractivity contribution >= 4 is 5.69 Å². The lowest BCUT2D eigenvalue weighted by atomic mass is 10.0. The zero-order chi connectivity index (χ0) is 11.4. The topological polar surface area (TPSA) is 39.9 Å². The molecule has 1 fully saturated rings. The minimum Gasteiger partial charge on any atom is -0.371 e. The number of hydrogen-bond donors (Lipinski definition) is 0.